The van der Waals surface area contributed by atoms with Crippen LogP contribution in [-0.4, -0.2) is 24.2 Å². The summed E-state index contributed by atoms with van der Waals surface area (Å²) in [5.41, 5.74) is 1.04. The highest BCUT2D eigenvalue weighted by Gasteiger charge is 2.20. The Morgan fingerprint density at radius 1 is 1.35 bits per heavy atom. The summed E-state index contributed by atoms with van der Waals surface area (Å²) in [5.74, 6) is 0.0478. The van der Waals surface area contributed by atoms with Crippen LogP contribution in [0.1, 0.15) is 19.4 Å². The minimum atomic E-state index is -0.812. The molecule has 0 spiro atoms. The van der Waals surface area contributed by atoms with Gasteiger partial charge in [-0.25, -0.2) is 0 Å². The van der Waals surface area contributed by atoms with Crippen molar-refractivity contribution in [2.24, 2.45) is 5.92 Å². The SMILES string of the molecule is COc1ccc(CN[C@H](C(=O)O)C(C)C)cc1. The van der Waals surface area contributed by atoms with E-state index < -0.39 is 12.0 Å². The Morgan fingerprint density at radius 2 is 1.94 bits per heavy atom. The van der Waals surface area contributed by atoms with Crippen molar-refractivity contribution in [3.63, 3.8) is 0 Å². The summed E-state index contributed by atoms with van der Waals surface area (Å²) in [4.78, 5) is 11.0. The predicted molar refractivity (Wildman–Crippen MR) is 66.1 cm³/mol. The molecule has 0 heterocycles. The maximum atomic E-state index is 11.0. The number of benzene rings is 1. The molecule has 0 unspecified atom stereocenters. The molecule has 0 aromatic heterocycles. The summed E-state index contributed by atoms with van der Waals surface area (Å²) in [5, 5.41) is 12.1. The molecule has 0 saturated heterocycles. The zero-order chi connectivity index (χ0) is 12.8. The Balaban J connectivity index is 2.56. The maximum Gasteiger partial charge on any atom is 0.320 e. The van der Waals surface area contributed by atoms with Gasteiger partial charge in [-0.2, -0.15) is 0 Å². The van der Waals surface area contributed by atoms with Gasteiger partial charge >= 0.3 is 5.97 Å². The second-order valence-electron chi connectivity index (χ2n) is 4.29. The van der Waals surface area contributed by atoms with E-state index in [0.717, 1.165) is 11.3 Å². The number of methoxy groups -OCH3 is 1. The van der Waals surface area contributed by atoms with Gasteiger partial charge in [-0.3, -0.25) is 4.79 Å². The van der Waals surface area contributed by atoms with Crippen molar-refractivity contribution in [3.8, 4) is 5.75 Å². The molecule has 94 valence electrons. The molecule has 0 saturated carbocycles. The molecular weight excluding hydrogens is 218 g/mol. The first kappa shape index (κ1) is 13.5. The number of aliphatic carboxylic acids is 1. The number of carboxylic acid groups (broad SMARTS) is 1. The van der Waals surface area contributed by atoms with Crippen molar-refractivity contribution in [2.45, 2.75) is 26.4 Å². The van der Waals surface area contributed by atoms with Gasteiger partial charge in [0, 0.05) is 6.54 Å². The van der Waals surface area contributed by atoms with Crippen LogP contribution in [0.2, 0.25) is 0 Å². The summed E-state index contributed by atoms with van der Waals surface area (Å²) < 4.78 is 5.06. The van der Waals surface area contributed by atoms with E-state index in [1.165, 1.54) is 0 Å². The zero-order valence-corrected chi connectivity index (χ0v) is 10.4. The van der Waals surface area contributed by atoms with Gasteiger partial charge in [-0.1, -0.05) is 26.0 Å². The third-order valence-corrected chi connectivity index (χ3v) is 2.62. The highest BCUT2D eigenvalue weighted by atomic mass is 16.5. The van der Waals surface area contributed by atoms with Crippen LogP contribution in [0, 0.1) is 5.92 Å². The van der Waals surface area contributed by atoms with Crippen LogP contribution >= 0.6 is 0 Å². The van der Waals surface area contributed by atoms with E-state index >= 15 is 0 Å². The number of hydrogen-bond donors (Lipinski definition) is 2. The molecule has 0 aliphatic heterocycles. The molecule has 0 aliphatic carbocycles. The molecule has 0 fully saturated rings. The molecule has 4 heteroatoms. The predicted octanol–water partition coefficient (Wildman–Crippen LogP) is 1.89. The van der Waals surface area contributed by atoms with Gasteiger partial charge in [-0.15, -0.1) is 0 Å². The minimum absolute atomic E-state index is 0.0609. The van der Waals surface area contributed by atoms with E-state index in [1.54, 1.807) is 7.11 Å². The average molecular weight is 237 g/mol. The van der Waals surface area contributed by atoms with Gasteiger partial charge < -0.3 is 15.2 Å². The van der Waals surface area contributed by atoms with Gasteiger partial charge in [0.2, 0.25) is 0 Å². The van der Waals surface area contributed by atoms with E-state index in [9.17, 15) is 4.79 Å². The van der Waals surface area contributed by atoms with Gasteiger partial charge in [0.1, 0.15) is 11.8 Å². The standard InChI is InChI=1S/C13H19NO3/c1-9(2)12(13(15)16)14-8-10-4-6-11(17-3)7-5-10/h4-7,9,12,14H,8H2,1-3H3,(H,15,16)/t12-/m0/s1. The highest BCUT2D eigenvalue weighted by Crippen LogP contribution is 2.11. The number of carbonyl (C=O) groups is 1. The highest BCUT2D eigenvalue weighted by molar-refractivity contribution is 5.73. The molecule has 1 aromatic carbocycles. The van der Waals surface area contributed by atoms with Crippen LogP contribution in [0.3, 0.4) is 0 Å². The summed E-state index contributed by atoms with van der Waals surface area (Å²) in [7, 11) is 1.62. The molecule has 1 aromatic rings. The van der Waals surface area contributed by atoms with Crippen molar-refractivity contribution >= 4 is 5.97 Å². The molecule has 0 radical (unpaired) electrons. The van der Waals surface area contributed by atoms with Crippen LogP contribution in [0.25, 0.3) is 0 Å². The zero-order valence-electron chi connectivity index (χ0n) is 10.4. The van der Waals surface area contributed by atoms with Crippen molar-refractivity contribution in [3.05, 3.63) is 29.8 Å². The molecule has 17 heavy (non-hydrogen) atoms. The van der Waals surface area contributed by atoms with Gasteiger partial charge in [0.15, 0.2) is 0 Å². The Morgan fingerprint density at radius 3 is 2.35 bits per heavy atom. The first-order valence-corrected chi connectivity index (χ1v) is 5.63. The van der Waals surface area contributed by atoms with Gasteiger partial charge in [0.05, 0.1) is 7.11 Å². The smallest absolute Gasteiger partial charge is 0.320 e. The molecule has 1 rings (SSSR count). The quantitative estimate of drug-likeness (QED) is 0.793. The molecule has 2 N–H and O–H groups in total. The van der Waals surface area contributed by atoms with Crippen LogP contribution in [0.15, 0.2) is 24.3 Å². The Kier molecular flexibility index (Phi) is 4.97. The molecule has 4 nitrogen and oxygen atoms in total. The van der Waals surface area contributed by atoms with Crippen LogP contribution in [0.4, 0.5) is 0 Å². The lowest BCUT2D eigenvalue weighted by Gasteiger charge is -2.17. The molecular formula is C13H19NO3. The van der Waals surface area contributed by atoms with E-state index in [4.69, 9.17) is 9.84 Å². The first-order chi connectivity index (χ1) is 8.04. The minimum Gasteiger partial charge on any atom is -0.497 e. The number of rotatable bonds is 6. The third-order valence-electron chi connectivity index (χ3n) is 2.62. The number of carboxylic acids is 1. The topological polar surface area (TPSA) is 58.6 Å². The van der Waals surface area contributed by atoms with Gasteiger partial charge in [-0.05, 0) is 23.6 Å². The van der Waals surface area contributed by atoms with Gasteiger partial charge in [0.25, 0.3) is 0 Å². The van der Waals surface area contributed by atoms with E-state index in [1.807, 2.05) is 38.1 Å². The summed E-state index contributed by atoms with van der Waals surface area (Å²) in [6, 6.07) is 7.05. The fourth-order valence-corrected chi connectivity index (χ4v) is 1.58. The van der Waals surface area contributed by atoms with Crippen molar-refractivity contribution in [1.82, 2.24) is 5.32 Å². The van der Waals surface area contributed by atoms with E-state index in [0.29, 0.717) is 6.54 Å². The molecule has 0 bridgehead atoms. The van der Waals surface area contributed by atoms with Crippen LogP contribution in [0.5, 0.6) is 5.75 Å². The Bertz CT molecular complexity index is 359. The van der Waals surface area contributed by atoms with E-state index in [2.05, 4.69) is 5.32 Å². The maximum absolute atomic E-state index is 11.0. The molecule has 1 atom stereocenters. The third kappa shape index (κ3) is 4.07. The number of ether oxygens (including phenoxy) is 1. The lowest BCUT2D eigenvalue weighted by atomic mass is 10.0. The Labute approximate surface area is 102 Å². The monoisotopic (exact) mass is 237 g/mol. The normalized spacial score (nSPS) is 12.5. The lowest BCUT2D eigenvalue weighted by molar-refractivity contribution is -0.140. The van der Waals surface area contributed by atoms with Crippen molar-refractivity contribution in [2.75, 3.05) is 7.11 Å². The Hall–Kier alpha value is -1.55. The number of hydrogen-bond acceptors (Lipinski definition) is 3. The summed E-state index contributed by atoms with van der Waals surface area (Å²) in [6.07, 6.45) is 0. The second kappa shape index (κ2) is 6.25. The molecule has 0 aliphatic rings. The van der Waals surface area contributed by atoms with Crippen LogP contribution < -0.4 is 10.1 Å². The summed E-state index contributed by atoms with van der Waals surface area (Å²) in [6.45, 7) is 4.32. The first-order valence-electron chi connectivity index (χ1n) is 5.63. The average Bonchev–Trinajstić information content (AvgIpc) is 2.29. The van der Waals surface area contributed by atoms with E-state index in [-0.39, 0.29) is 5.92 Å². The second-order valence-corrected chi connectivity index (χ2v) is 4.29. The lowest BCUT2D eigenvalue weighted by Crippen LogP contribution is -2.40. The van der Waals surface area contributed by atoms with Crippen molar-refractivity contribution < 1.29 is 14.6 Å². The van der Waals surface area contributed by atoms with Crippen LogP contribution in [-0.2, 0) is 11.3 Å². The fourth-order valence-electron chi connectivity index (χ4n) is 1.58. The molecule has 0 amide bonds. The summed E-state index contributed by atoms with van der Waals surface area (Å²) >= 11 is 0. The largest absolute Gasteiger partial charge is 0.497 e. The number of nitrogens with one attached hydrogen (secondary N) is 1. The van der Waals surface area contributed by atoms with Crippen molar-refractivity contribution in [1.29, 1.82) is 0 Å². The fraction of sp³-hybridized carbons (Fsp3) is 0.462.